The van der Waals surface area contributed by atoms with Crippen LogP contribution in [0.2, 0.25) is 0 Å². The molecule has 7 nitrogen and oxygen atoms in total. The van der Waals surface area contributed by atoms with Crippen molar-refractivity contribution in [2.24, 2.45) is 5.92 Å². The van der Waals surface area contributed by atoms with Crippen LogP contribution >= 0.6 is 0 Å². The van der Waals surface area contributed by atoms with Gasteiger partial charge in [-0.1, -0.05) is 6.92 Å². The van der Waals surface area contributed by atoms with Gasteiger partial charge in [0.2, 0.25) is 15.9 Å². The molecule has 0 spiro atoms. The number of carbonyl (C=O) groups is 1. The molecular formula is C15H28N2O5S. The SMILES string of the molecule is CCCS(=O)(=O)N1CCC[C@H](C(=O)N2C[C@H](CO)O[C@H](C)C2)C1. The predicted octanol–water partition coefficient (Wildman–Crippen LogP) is 0.0464. The summed E-state index contributed by atoms with van der Waals surface area (Å²) in [6, 6.07) is 0. The first-order chi connectivity index (χ1) is 10.9. The van der Waals surface area contributed by atoms with Crippen LogP contribution in [0.5, 0.6) is 0 Å². The zero-order valence-corrected chi connectivity index (χ0v) is 14.8. The fraction of sp³-hybridized carbons (Fsp3) is 0.933. The quantitative estimate of drug-likeness (QED) is 0.758. The minimum atomic E-state index is -3.26. The molecule has 2 aliphatic rings. The Bertz CT molecular complexity index is 510. The molecule has 0 aromatic heterocycles. The maximum absolute atomic E-state index is 12.8. The van der Waals surface area contributed by atoms with Crippen molar-refractivity contribution in [3.8, 4) is 0 Å². The van der Waals surface area contributed by atoms with Crippen molar-refractivity contribution in [3.63, 3.8) is 0 Å². The van der Waals surface area contributed by atoms with Crippen molar-refractivity contribution in [2.45, 2.75) is 45.3 Å². The van der Waals surface area contributed by atoms with Gasteiger partial charge in [0.1, 0.15) is 0 Å². The number of amides is 1. The molecule has 2 aliphatic heterocycles. The van der Waals surface area contributed by atoms with E-state index in [2.05, 4.69) is 0 Å². The third kappa shape index (κ3) is 4.65. The van der Waals surface area contributed by atoms with Crippen LogP contribution in [0.3, 0.4) is 0 Å². The number of carbonyl (C=O) groups excluding carboxylic acids is 1. The van der Waals surface area contributed by atoms with Gasteiger partial charge >= 0.3 is 0 Å². The molecule has 0 saturated carbocycles. The molecule has 134 valence electrons. The number of aliphatic hydroxyl groups is 1. The second-order valence-corrected chi connectivity index (χ2v) is 8.60. The van der Waals surface area contributed by atoms with Gasteiger partial charge in [-0.05, 0) is 26.2 Å². The number of nitrogens with zero attached hydrogens (tertiary/aromatic N) is 2. The zero-order chi connectivity index (χ0) is 17.0. The number of hydrogen-bond donors (Lipinski definition) is 1. The highest BCUT2D eigenvalue weighted by molar-refractivity contribution is 7.89. The van der Waals surface area contributed by atoms with E-state index in [4.69, 9.17) is 4.74 Å². The van der Waals surface area contributed by atoms with E-state index in [-0.39, 0.29) is 42.9 Å². The van der Waals surface area contributed by atoms with Gasteiger partial charge in [0.25, 0.3) is 0 Å². The van der Waals surface area contributed by atoms with E-state index in [1.807, 2.05) is 13.8 Å². The van der Waals surface area contributed by atoms with E-state index in [1.165, 1.54) is 4.31 Å². The van der Waals surface area contributed by atoms with Crippen molar-refractivity contribution in [2.75, 3.05) is 38.5 Å². The average molecular weight is 348 g/mol. The Labute approximate surface area is 138 Å². The summed E-state index contributed by atoms with van der Waals surface area (Å²) in [6.07, 6.45) is 1.53. The molecule has 2 fully saturated rings. The average Bonchev–Trinajstić information content (AvgIpc) is 2.53. The van der Waals surface area contributed by atoms with E-state index in [0.29, 0.717) is 38.9 Å². The summed E-state index contributed by atoms with van der Waals surface area (Å²) in [5.41, 5.74) is 0. The van der Waals surface area contributed by atoms with E-state index >= 15 is 0 Å². The largest absolute Gasteiger partial charge is 0.394 e. The van der Waals surface area contributed by atoms with Gasteiger partial charge in [0.05, 0.1) is 30.5 Å². The predicted molar refractivity (Wildman–Crippen MR) is 86.4 cm³/mol. The Kier molecular flexibility index (Phi) is 6.41. The lowest BCUT2D eigenvalue weighted by Gasteiger charge is -2.39. The highest BCUT2D eigenvalue weighted by atomic mass is 32.2. The molecule has 8 heteroatoms. The van der Waals surface area contributed by atoms with Crippen LogP contribution in [0.1, 0.15) is 33.1 Å². The Morgan fingerprint density at radius 1 is 1.30 bits per heavy atom. The van der Waals surface area contributed by atoms with Crippen LogP contribution in [0.4, 0.5) is 0 Å². The summed E-state index contributed by atoms with van der Waals surface area (Å²) >= 11 is 0. The van der Waals surface area contributed by atoms with Crippen LogP contribution in [0.15, 0.2) is 0 Å². The van der Waals surface area contributed by atoms with Gasteiger partial charge in [-0.25, -0.2) is 12.7 Å². The van der Waals surface area contributed by atoms with Crippen LogP contribution in [0, 0.1) is 5.92 Å². The van der Waals surface area contributed by atoms with E-state index in [0.717, 1.165) is 0 Å². The molecule has 3 atom stereocenters. The summed E-state index contributed by atoms with van der Waals surface area (Å²) < 4.78 is 31.5. The highest BCUT2D eigenvalue weighted by Gasteiger charge is 2.36. The summed E-state index contributed by atoms with van der Waals surface area (Å²) in [5.74, 6) is -0.176. The lowest BCUT2D eigenvalue weighted by molar-refractivity contribution is -0.152. The summed E-state index contributed by atoms with van der Waals surface area (Å²) in [4.78, 5) is 14.5. The molecule has 0 aromatic carbocycles. The van der Waals surface area contributed by atoms with Crippen LogP contribution < -0.4 is 0 Å². The lowest BCUT2D eigenvalue weighted by Crippen LogP contribution is -2.54. The number of ether oxygens (including phenoxy) is 1. The van der Waals surface area contributed by atoms with Crippen molar-refractivity contribution < 1.29 is 23.1 Å². The monoisotopic (exact) mass is 348 g/mol. The topological polar surface area (TPSA) is 87.2 Å². The Morgan fingerprint density at radius 3 is 2.70 bits per heavy atom. The molecule has 1 amide bonds. The zero-order valence-electron chi connectivity index (χ0n) is 14.0. The minimum absolute atomic E-state index is 0.0185. The summed E-state index contributed by atoms with van der Waals surface area (Å²) in [6.45, 7) is 5.25. The number of rotatable bonds is 5. The molecule has 2 rings (SSSR count). The van der Waals surface area contributed by atoms with Gasteiger partial charge < -0.3 is 14.7 Å². The van der Waals surface area contributed by atoms with Crippen molar-refractivity contribution in [1.29, 1.82) is 0 Å². The molecule has 1 N–H and O–H groups in total. The van der Waals surface area contributed by atoms with Gasteiger partial charge in [-0.2, -0.15) is 0 Å². The number of piperidine rings is 1. The normalized spacial score (nSPS) is 30.4. The number of hydrogen-bond acceptors (Lipinski definition) is 5. The highest BCUT2D eigenvalue weighted by Crippen LogP contribution is 2.23. The lowest BCUT2D eigenvalue weighted by atomic mass is 9.97. The third-order valence-corrected chi connectivity index (χ3v) is 6.47. The minimum Gasteiger partial charge on any atom is -0.394 e. The Balaban J connectivity index is 2.01. The third-order valence-electron chi connectivity index (χ3n) is 4.43. The van der Waals surface area contributed by atoms with E-state index < -0.39 is 10.0 Å². The van der Waals surface area contributed by atoms with Crippen molar-refractivity contribution in [3.05, 3.63) is 0 Å². The van der Waals surface area contributed by atoms with Gasteiger partial charge in [-0.15, -0.1) is 0 Å². The Morgan fingerprint density at radius 2 is 2.04 bits per heavy atom. The van der Waals surface area contributed by atoms with Gasteiger partial charge in [-0.3, -0.25) is 4.79 Å². The number of morpholine rings is 1. The van der Waals surface area contributed by atoms with E-state index in [9.17, 15) is 18.3 Å². The molecule has 2 saturated heterocycles. The van der Waals surface area contributed by atoms with Crippen molar-refractivity contribution >= 4 is 15.9 Å². The molecule has 23 heavy (non-hydrogen) atoms. The fourth-order valence-corrected chi connectivity index (χ4v) is 4.96. The van der Waals surface area contributed by atoms with Gasteiger partial charge in [0, 0.05) is 26.2 Å². The second-order valence-electron chi connectivity index (χ2n) is 6.51. The van der Waals surface area contributed by atoms with Crippen molar-refractivity contribution in [1.82, 2.24) is 9.21 Å². The van der Waals surface area contributed by atoms with E-state index in [1.54, 1.807) is 4.90 Å². The van der Waals surface area contributed by atoms with Crippen LogP contribution in [0.25, 0.3) is 0 Å². The molecule has 0 radical (unpaired) electrons. The Hall–Kier alpha value is -0.700. The molecular weight excluding hydrogens is 320 g/mol. The maximum Gasteiger partial charge on any atom is 0.227 e. The molecule has 0 aliphatic carbocycles. The number of aliphatic hydroxyl groups excluding tert-OH is 1. The first-order valence-corrected chi connectivity index (χ1v) is 10.0. The number of sulfonamides is 1. The molecule has 2 heterocycles. The maximum atomic E-state index is 12.8. The second kappa shape index (κ2) is 7.92. The molecule has 0 bridgehead atoms. The molecule has 0 unspecified atom stereocenters. The fourth-order valence-electron chi connectivity index (χ4n) is 3.37. The molecule has 0 aromatic rings. The van der Waals surface area contributed by atoms with Crippen LogP contribution in [-0.4, -0.2) is 79.4 Å². The van der Waals surface area contributed by atoms with Gasteiger partial charge in [0.15, 0.2) is 0 Å². The van der Waals surface area contributed by atoms with Crippen LogP contribution in [-0.2, 0) is 19.6 Å². The smallest absolute Gasteiger partial charge is 0.227 e. The first kappa shape index (κ1) is 18.6. The first-order valence-electron chi connectivity index (χ1n) is 8.40. The summed E-state index contributed by atoms with van der Waals surface area (Å²) in [5, 5.41) is 9.28. The summed E-state index contributed by atoms with van der Waals surface area (Å²) in [7, 11) is -3.26. The standard InChI is InChI=1S/C15H28N2O5S/c1-3-7-23(20,21)17-6-4-5-13(9-17)15(19)16-8-12(2)22-14(10-16)11-18/h12-14,18H,3-11H2,1-2H3/t12-,13+,14-/m1/s1.